The van der Waals surface area contributed by atoms with Gasteiger partial charge in [-0.3, -0.25) is 4.79 Å². The third-order valence-electron chi connectivity index (χ3n) is 3.97. The number of rotatable bonds is 6. The van der Waals surface area contributed by atoms with Crippen molar-refractivity contribution in [3.63, 3.8) is 0 Å². The molecule has 0 unspecified atom stereocenters. The number of piperidine rings is 1. The van der Waals surface area contributed by atoms with Gasteiger partial charge in [0.05, 0.1) is 6.10 Å². The summed E-state index contributed by atoms with van der Waals surface area (Å²) in [5.41, 5.74) is 0.645. The van der Waals surface area contributed by atoms with Crippen molar-refractivity contribution in [3.05, 3.63) is 42.5 Å². The van der Waals surface area contributed by atoms with Gasteiger partial charge in [-0.15, -0.1) is 6.58 Å². The van der Waals surface area contributed by atoms with Crippen LogP contribution in [0.4, 0.5) is 4.79 Å². The first kappa shape index (κ1) is 18.0. The average molecular weight is 330 g/mol. The first-order chi connectivity index (χ1) is 11.5. The Morgan fingerprint density at radius 1 is 1.46 bits per heavy atom. The molecule has 130 valence electrons. The minimum atomic E-state index is -0.164. The number of benzene rings is 1. The molecule has 0 spiro atoms. The zero-order chi connectivity index (χ0) is 17.5. The number of ketones is 1. The normalized spacial score (nSPS) is 17.5. The molecule has 1 fully saturated rings. The molecule has 2 amide bonds. The number of nitrogens with zero attached hydrogens (tertiary/aromatic N) is 1. The maximum absolute atomic E-state index is 12.8. The smallest absolute Gasteiger partial charge is 0.317 e. The molecule has 1 aromatic rings. The molecule has 1 heterocycles. The summed E-state index contributed by atoms with van der Waals surface area (Å²) in [6, 6.07) is 7.16. The minimum absolute atomic E-state index is 0.0640. The van der Waals surface area contributed by atoms with Crippen LogP contribution in [0.1, 0.15) is 37.0 Å². The van der Waals surface area contributed by atoms with Crippen LogP contribution >= 0.6 is 0 Å². The highest BCUT2D eigenvalue weighted by Gasteiger charge is 2.29. The fraction of sp³-hybridized carbons (Fsp3) is 0.474. The highest BCUT2D eigenvalue weighted by atomic mass is 16.5. The summed E-state index contributed by atoms with van der Waals surface area (Å²) in [7, 11) is 0. The Labute approximate surface area is 143 Å². The molecule has 1 aliphatic rings. The van der Waals surface area contributed by atoms with Crippen molar-refractivity contribution in [2.75, 3.05) is 19.6 Å². The molecule has 1 saturated heterocycles. The molecule has 0 aliphatic carbocycles. The Morgan fingerprint density at radius 3 is 2.96 bits per heavy atom. The van der Waals surface area contributed by atoms with E-state index in [0.29, 0.717) is 30.9 Å². The van der Waals surface area contributed by atoms with Gasteiger partial charge in [-0.05, 0) is 38.8 Å². The number of hydrogen-bond donors (Lipinski definition) is 1. The van der Waals surface area contributed by atoms with Crippen LogP contribution in [0.3, 0.4) is 0 Å². The Morgan fingerprint density at radius 2 is 2.25 bits per heavy atom. The lowest BCUT2D eigenvalue weighted by Gasteiger charge is -2.32. The third-order valence-corrected chi connectivity index (χ3v) is 3.97. The number of hydrogen-bond acceptors (Lipinski definition) is 3. The molecule has 0 saturated carbocycles. The van der Waals surface area contributed by atoms with Crippen molar-refractivity contribution in [2.24, 2.45) is 5.92 Å². The van der Waals surface area contributed by atoms with Crippen LogP contribution in [0.15, 0.2) is 36.9 Å². The first-order valence-corrected chi connectivity index (χ1v) is 8.46. The zero-order valence-electron chi connectivity index (χ0n) is 14.5. The van der Waals surface area contributed by atoms with Crippen molar-refractivity contribution < 1.29 is 14.3 Å². The Kier molecular flexibility index (Phi) is 6.41. The van der Waals surface area contributed by atoms with Gasteiger partial charge < -0.3 is 15.0 Å². The maximum atomic E-state index is 12.8. The van der Waals surface area contributed by atoms with Crippen LogP contribution in [-0.4, -0.2) is 42.5 Å². The van der Waals surface area contributed by atoms with Crippen LogP contribution < -0.4 is 10.1 Å². The number of ether oxygens (including phenoxy) is 1. The number of nitrogens with one attached hydrogen (secondary N) is 1. The summed E-state index contributed by atoms with van der Waals surface area (Å²) in [6.07, 6.45) is 3.35. The lowest BCUT2D eigenvalue weighted by atomic mass is 9.90. The fourth-order valence-corrected chi connectivity index (χ4v) is 2.88. The molecule has 1 aliphatic heterocycles. The topological polar surface area (TPSA) is 58.6 Å². The lowest BCUT2D eigenvalue weighted by molar-refractivity contribution is 0.0845. The van der Waals surface area contributed by atoms with E-state index < -0.39 is 0 Å². The Balaban J connectivity index is 2.03. The standard InChI is InChI=1S/C19H26N2O3/c1-4-10-20-19(23)21-11-6-8-16(13-21)18(22)15-7-5-9-17(12-15)24-14(2)3/h4-5,7,9,12,14,16H,1,6,8,10-11,13H2,2-3H3,(H,20,23)/t16-/m1/s1. The molecule has 0 bridgehead atoms. The van der Waals surface area contributed by atoms with E-state index in [1.54, 1.807) is 17.0 Å². The Bertz CT molecular complexity index is 598. The van der Waals surface area contributed by atoms with Gasteiger partial charge in [0.1, 0.15) is 5.75 Å². The second-order valence-corrected chi connectivity index (χ2v) is 6.32. The molecule has 5 nitrogen and oxygen atoms in total. The van der Waals surface area contributed by atoms with Crippen molar-refractivity contribution in [1.29, 1.82) is 0 Å². The number of carbonyl (C=O) groups is 2. The van der Waals surface area contributed by atoms with E-state index in [2.05, 4.69) is 11.9 Å². The highest BCUT2D eigenvalue weighted by molar-refractivity contribution is 5.98. The van der Waals surface area contributed by atoms with Crippen LogP contribution in [0.5, 0.6) is 5.75 Å². The van der Waals surface area contributed by atoms with Gasteiger partial charge in [0.2, 0.25) is 0 Å². The van der Waals surface area contributed by atoms with Crippen LogP contribution in [0.25, 0.3) is 0 Å². The Hall–Kier alpha value is -2.30. The molecule has 0 radical (unpaired) electrons. The molecule has 1 atom stereocenters. The summed E-state index contributed by atoms with van der Waals surface area (Å²) in [6.45, 7) is 9.07. The number of Topliss-reactive ketones (excluding diaryl/α,β-unsaturated/α-hetero) is 1. The molecular formula is C19H26N2O3. The van der Waals surface area contributed by atoms with E-state index in [1.807, 2.05) is 32.0 Å². The second kappa shape index (κ2) is 8.52. The fourth-order valence-electron chi connectivity index (χ4n) is 2.88. The summed E-state index contributed by atoms with van der Waals surface area (Å²) >= 11 is 0. The minimum Gasteiger partial charge on any atom is -0.491 e. The molecule has 2 rings (SSSR count). The molecular weight excluding hydrogens is 304 g/mol. The van der Waals surface area contributed by atoms with E-state index >= 15 is 0 Å². The predicted molar refractivity (Wildman–Crippen MR) is 94.4 cm³/mol. The molecule has 1 N–H and O–H groups in total. The second-order valence-electron chi connectivity index (χ2n) is 6.32. The van der Waals surface area contributed by atoms with Gasteiger partial charge in [0.15, 0.2) is 5.78 Å². The van der Waals surface area contributed by atoms with E-state index in [-0.39, 0.29) is 23.8 Å². The summed E-state index contributed by atoms with van der Waals surface area (Å²) in [4.78, 5) is 26.6. The van der Waals surface area contributed by atoms with Crippen molar-refractivity contribution >= 4 is 11.8 Å². The van der Waals surface area contributed by atoms with Crippen molar-refractivity contribution in [1.82, 2.24) is 10.2 Å². The van der Waals surface area contributed by atoms with E-state index in [0.717, 1.165) is 12.8 Å². The summed E-state index contributed by atoms with van der Waals surface area (Å²) in [5.74, 6) is 0.611. The zero-order valence-corrected chi connectivity index (χ0v) is 14.5. The van der Waals surface area contributed by atoms with E-state index in [9.17, 15) is 9.59 Å². The van der Waals surface area contributed by atoms with Gasteiger partial charge in [-0.2, -0.15) is 0 Å². The van der Waals surface area contributed by atoms with Gasteiger partial charge in [0, 0.05) is 31.1 Å². The SMILES string of the molecule is C=CCNC(=O)N1CCC[C@@H](C(=O)c2cccc(OC(C)C)c2)C1. The molecule has 24 heavy (non-hydrogen) atoms. The van der Waals surface area contributed by atoms with Gasteiger partial charge in [0.25, 0.3) is 0 Å². The van der Waals surface area contributed by atoms with Crippen LogP contribution in [-0.2, 0) is 0 Å². The predicted octanol–water partition coefficient (Wildman–Crippen LogP) is 3.26. The van der Waals surface area contributed by atoms with Crippen LogP contribution in [0.2, 0.25) is 0 Å². The number of amides is 2. The third kappa shape index (κ3) is 4.85. The quantitative estimate of drug-likeness (QED) is 0.643. The molecule has 0 aromatic heterocycles. The maximum Gasteiger partial charge on any atom is 0.317 e. The summed E-state index contributed by atoms with van der Waals surface area (Å²) in [5, 5.41) is 2.77. The lowest BCUT2D eigenvalue weighted by Crippen LogP contribution is -2.47. The van der Waals surface area contributed by atoms with Crippen molar-refractivity contribution in [3.8, 4) is 5.75 Å². The van der Waals surface area contributed by atoms with Crippen LogP contribution in [0, 0.1) is 5.92 Å². The number of likely N-dealkylation sites (tertiary alicyclic amines) is 1. The van der Waals surface area contributed by atoms with Crippen molar-refractivity contribution in [2.45, 2.75) is 32.8 Å². The highest BCUT2D eigenvalue weighted by Crippen LogP contribution is 2.23. The number of carbonyl (C=O) groups excluding carboxylic acids is 2. The van der Waals surface area contributed by atoms with Gasteiger partial charge in [-0.1, -0.05) is 18.2 Å². The molecule has 5 heteroatoms. The number of urea groups is 1. The van der Waals surface area contributed by atoms with Gasteiger partial charge in [-0.25, -0.2) is 4.79 Å². The average Bonchev–Trinajstić information content (AvgIpc) is 2.58. The molecule has 1 aromatic carbocycles. The van der Waals surface area contributed by atoms with Gasteiger partial charge >= 0.3 is 6.03 Å². The van der Waals surface area contributed by atoms with E-state index in [1.165, 1.54) is 0 Å². The first-order valence-electron chi connectivity index (χ1n) is 8.46. The summed E-state index contributed by atoms with van der Waals surface area (Å²) < 4.78 is 5.66. The monoisotopic (exact) mass is 330 g/mol. The van der Waals surface area contributed by atoms with E-state index in [4.69, 9.17) is 4.74 Å². The largest absolute Gasteiger partial charge is 0.491 e.